The zero-order valence-corrected chi connectivity index (χ0v) is 15.2. The number of nitro groups is 1. The maximum Gasteiger partial charge on any atom is 0.276 e. The summed E-state index contributed by atoms with van der Waals surface area (Å²) in [6.07, 6.45) is 0. The van der Waals surface area contributed by atoms with Crippen molar-refractivity contribution >= 4 is 21.4 Å². The Morgan fingerprint density at radius 1 is 1.04 bits per heavy atom. The molecule has 25 heavy (non-hydrogen) atoms. The first-order valence-corrected chi connectivity index (χ1v) is 8.99. The summed E-state index contributed by atoms with van der Waals surface area (Å²) >= 11 is 0. The molecule has 0 amide bonds. The molecule has 2 rings (SSSR count). The van der Waals surface area contributed by atoms with Crippen LogP contribution in [0, 0.1) is 30.9 Å². The van der Waals surface area contributed by atoms with Gasteiger partial charge in [-0.2, -0.15) is 18.4 Å². The Morgan fingerprint density at radius 2 is 1.68 bits per heavy atom. The fourth-order valence-electron chi connectivity index (χ4n) is 2.17. The summed E-state index contributed by atoms with van der Waals surface area (Å²) < 4.78 is 24.7. The van der Waals surface area contributed by atoms with Gasteiger partial charge < -0.3 is 0 Å². The molecule has 132 valence electrons. The second-order valence-corrected chi connectivity index (χ2v) is 7.46. The van der Waals surface area contributed by atoms with Gasteiger partial charge in [-0.1, -0.05) is 18.2 Å². The molecule has 8 heteroatoms. The zero-order chi connectivity index (χ0) is 18.8. The Kier molecular flexibility index (Phi) is 5.22. The quantitative estimate of drug-likeness (QED) is 0.502. The van der Waals surface area contributed by atoms with Crippen molar-refractivity contribution < 1.29 is 13.3 Å². The van der Waals surface area contributed by atoms with Crippen molar-refractivity contribution in [2.24, 2.45) is 5.10 Å². The molecule has 0 radical (unpaired) electrons. The minimum absolute atomic E-state index is 0.207. The molecule has 0 heterocycles. The highest BCUT2D eigenvalue weighted by atomic mass is 32.2. The molecule has 0 aliphatic heterocycles. The summed E-state index contributed by atoms with van der Waals surface area (Å²) in [5.41, 5.74) is 3.62. The molecule has 0 spiro atoms. The van der Waals surface area contributed by atoms with E-state index in [1.807, 2.05) is 32.0 Å². The normalized spacial score (nSPS) is 12.1. The lowest BCUT2D eigenvalue weighted by molar-refractivity contribution is -0.385. The van der Waals surface area contributed by atoms with Crippen molar-refractivity contribution in [3.63, 3.8) is 0 Å². The summed E-state index contributed by atoms with van der Waals surface area (Å²) in [4.78, 5) is 12.3. The number of aryl methyl sites for hydroxylation is 3. The molecule has 0 saturated heterocycles. The number of nitro benzene ring substituents is 1. The maximum atomic E-state index is 12.3. The van der Waals surface area contributed by atoms with Crippen molar-refractivity contribution in [3.8, 4) is 0 Å². The molecule has 0 aliphatic carbocycles. The topological polar surface area (TPSA) is 102 Å². The smallest absolute Gasteiger partial charge is 0.258 e. The lowest BCUT2D eigenvalue weighted by Crippen LogP contribution is -2.20. The molecule has 0 fully saturated rings. The van der Waals surface area contributed by atoms with Crippen molar-refractivity contribution in [2.75, 3.05) is 0 Å². The van der Waals surface area contributed by atoms with Crippen LogP contribution in [0.3, 0.4) is 0 Å². The Hall–Kier alpha value is -2.74. The van der Waals surface area contributed by atoms with Gasteiger partial charge in [-0.3, -0.25) is 10.1 Å². The van der Waals surface area contributed by atoms with Gasteiger partial charge in [0.1, 0.15) is 0 Å². The van der Waals surface area contributed by atoms with Crippen LogP contribution in [-0.4, -0.2) is 19.1 Å². The molecule has 0 saturated carbocycles. The van der Waals surface area contributed by atoms with Gasteiger partial charge in [0, 0.05) is 11.6 Å². The van der Waals surface area contributed by atoms with Gasteiger partial charge in [-0.05, 0) is 56.5 Å². The standard InChI is InChI=1S/C17H19N3O4S/c1-11-5-7-15(9-13(11)3)14(4)18-19-25(23,24)16-8-6-12(2)17(10-16)20(21)22/h5-10,19H,1-4H3/b18-14+. The van der Waals surface area contributed by atoms with E-state index in [2.05, 4.69) is 9.93 Å². The molecule has 1 N–H and O–H groups in total. The first-order valence-electron chi connectivity index (χ1n) is 7.50. The van der Waals surface area contributed by atoms with Crippen LogP contribution in [0.25, 0.3) is 0 Å². The van der Waals surface area contributed by atoms with Crippen LogP contribution in [0.1, 0.15) is 29.2 Å². The molecule has 0 bridgehead atoms. The molecular weight excluding hydrogens is 342 g/mol. The van der Waals surface area contributed by atoms with Crippen LogP contribution in [0.15, 0.2) is 46.4 Å². The van der Waals surface area contributed by atoms with E-state index in [0.29, 0.717) is 11.3 Å². The molecule has 0 unspecified atom stereocenters. The lowest BCUT2D eigenvalue weighted by atomic mass is 10.0. The molecule has 0 atom stereocenters. The first kappa shape index (κ1) is 18.6. The van der Waals surface area contributed by atoms with E-state index in [0.717, 1.165) is 22.8 Å². The minimum Gasteiger partial charge on any atom is -0.258 e. The molecular formula is C17H19N3O4S. The average molecular weight is 361 g/mol. The highest BCUT2D eigenvalue weighted by Crippen LogP contribution is 2.22. The summed E-state index contributed by atoms with van der Waals surface area (Å²) in [5, 5.41) is 14.9. The van der Waals surface area contributed by atoms with Crippen LogP contribution >= 0.6 is 0 Å². The van der Waals surface area contributed by atoms with Crippen LogP contribution < -0.4 is 4.83 Å². The molecule has 0 aliphatic rings. The van der Waals surface area contributed by atoms with Crippen molar-refractivity contribution in [3.05, 3.63) is 68.8 Å². The number of rotatable bonds is 5. The molecule has 0 aromatic heterocycles. The van der Waals surface area contributed by atoms with Crippen LogP contribution in [-0.2, 0) is 10.0 Å². The van der Waals surface area contributed by atoms with Gasteiger partial charge in [-0.15, -0.1) is 0 Å². The summed E-state index contributed by atoms with van der Waals surface area (Å²) in [6.45, 7) is 7.18. The third-order valence-electron chi connectivity index (χ3n) is 3.95. The number of nitrogens with one attached hydrogen (secondary N) is 1. The Balaban J connectivity index is 2.30. The summed E-state index contributed by atoms with van der Waals surface area (Å²) in [7, 11) is -4.00. The highest BCUT2D eigenvalue weighted by molar-refractivity contribution is 7.89. The third kappa shape index (κ3) is 4.21. The first-order chi connectivity index (χ1) is 11.6. The van der Waals surface area contributed by atoms with Crippen molar-refractivity contribution in [2.45, 2.75) is 32.6 Å². The van der Waals surface area contributed by atoms with E-state index in [-0.39, 0.29) is 10.6 Å². The Morgan fingerprint density at radius 3 is 2.28 bits per heavy atom. The third-order valence-corrected chi connectivity index (χ3v) is 5.15. The monoisotopic (exact) mass is 361 g/mol. The SMILES string of the molecule is C/C(=N\NS(=O)(=O)c1ccc(C)c([N+](=O)[O-])c1)c1ccc(C)c(C)c1. The predicted octanol–water partition coefficient (Wildman–Crippen LogP) is 3.22. The lowest BCUT2D eigenvalue weighted by Gasteiger charge is -2.07. The van der Waals surface area contributed by atoms with E-state index < -0.39 is 14.9 Å². The van der Waals surface area contributed by atoms with E-state index >= 15 is 0 Å². The van der Waals surface area contributed by atoms with Gasteiger partial charge in [0.2, 0.25) is 0 Å². The zero-order valence-electron chi connectivity index (χ0n) is 14.4. The second-order valence-electron chi connectivity index (χ2n) is 5.80. The van der Waals surface area contributed by atoms with E-state index in [1.54, 1.807) is 13.8 Å². The number of hydrogen-bond acceptors (Lipinski definition) is 5. The second kappa shape index (κ2) is 7.02. The summed E-state index contributed by atoms with van der Waals surface area (Å²) in [5.74, 6) is 0. The number of benzene rings is 2. The van der Waals surface area contributed by atoms with E-state index in [4.69, 9.17) is 0 Å². The average Bonchev–Trinajstić information content (AvgIpc) is 2.55. The molecule has 7 nitrogen and oxygen atoms in total. The van der Waals surface area contributed by atoms with E-state index in [1.165, 1.54) is 12.1 Å². The fourth-order valence-corrected chi connectivity index (χ4v) is 3.04. The van der Waals surface area contributed by atoms with Crippen LogP contribution in [0.5, 0.6) is 0 Å². The largest absolute Gasteiger partial charge is 0.276 e. The maximum absolute atomic E-state index is 12.3. The van der Waals surface area contributed by atoms with Gasteiger partial charge in [-0.25, -0.2) is 0 Å². The Bertz CT molecular complexity index is 966. The summed E-state index contributed by atoms with van der Waals surface area (Å²) in [6, 6.07) is 9.43. The molecule has 2 aromatic carbocycles. The number of hydrazone groups is 1. The number of nitrogens with zero attached hydrogens (tertiary/aromatic N) is 2. The van der Waals surface area contributed by atoms with Gasteiger partial charge in [0.25, 0.3) is 15.7 Å². The van der Waals surface area contributed by atoms with Crippen molar-refractivity contribution in [1.82, 2.24) is 4.83 Å². The van der Waals surface area contributed by atoms with Gasteiger partial charge in [0.15, 0.2) is 0 Å². The number of hydrogen-bond donors (Lipinski definition) is 1. The highest BCUT2D eigenvalue weighted by Gasteiger charge is 2.19. The van der Waals surface area contributed by atoms with Crippen molar-refractivity contribution in [1.29, 1.82) is 0 Å². The van der Waals surface area contributed by atoms with Crippen LogP contribution in [0.2, 0.25) is 0 Å². The number of sulfonamides is 1. The minimum atomic E-state index is -4.00. The predicted molar refractivity (Wildman–Crippen MR) is 96.3 cm³/mol. The Labute approximate surface area is 146 Å². The fraction of sp³-hybridized carbons (Fsp3) is 0.235. The van der Waals surface area contributed by atoms with Gasteiger partial charge >= 0.3 is 0 Å². The van der Waals surface area contributed by atoms with Crippen LogP contribution in [0.4, 0.5) is 5.69 Å². The van der Waals surface area contributed by atoms with E-state index in [9.17, 15) is 18.5 Å². The van der Waals surface area contributed by atoms with Gasteiger partial charge in [0.05, 0.1) is 15.5 Å². The molecule has 2 aromatic rings.